The summed E-state index contributed by atoms with van der Waals surface area (Å²) in [6, 6.07) is 16.8. The average molecular weight is 407 g/mol. The standard InChI is InChI=1S/C22H15ClN2O4/c1-13-4-2-3-5-19(13)25-21(26)15(12-24)10-16-7-9-20(29-16)14-6-8-17(22(27)28)18(23)11-14/h2-11H,1H3,(H,25,26)(H,27,28)/b15-10-. The molecule has 3 aromatic rings. The molecule has 7 heteroatoms. The van der Waals surface area contributed by atoms with Gasteiger partial charge in [0.2, 0.25) is 0 Å². The fourth-order valence-corrected chi connectivity index (χ4v) is 2.88. The Hall–Kier alpha value is -3.82. The Morgan fingerprint density at radius 3 is 2.59 bits per heavy atom. The van der Waals surface area contributed by atoms with Crippen molar-refractivity contribution in [2.45, 2.75) is 6.92 Å². The third-order valence-corrected chi connectivity index (χ3v) is 4.47. The Morgan fingerprint density at radius 1 is 1.17 bits per heavy atom. The molecule has 0 aliphatic rings. The smallest absolute Gasteiger partial charge is 0.337 e. The molecule has 0 aliphatic carbocycles. The lowest BCUT2D eigenvalue weighted by atomic mass is 10.1. The van der Waals surface area contributed by atoms with Gasteiger partial charge in [-0.3, -0.25) is 4.79 Å². The van der Waals surface area contributed by atoms with Gasteiger partial charge in [-0.15, -0.1) is 0 Å². The molecule has 0 unspecified atom stereocenters. The molecule has 1 heterocycles. The predicted molar refractivity (Wildman–Crippen MR) is 110 cm³/mol. The lowest BCUT2D eigenvalue weighted by Crippen LogP contribution is -2.14. The Balaban J connectivity index is 1.83. The van der Waals surface area contributed by atoms with Crippen LogP contribution in [0.15, 0.2) is 64.6 Å². The number of carbonyl (C=O) groups is 2. The van der Waals surface area contributed by atoms with Gasteiger partial charge in [0.25, 0.3) is 5.91 Å². The summed E-state index contributed by atoms with van der Waals surface area (Å²) in [7, 11) is 0. The molecule has 2 aromatic carbocycles. The molecule has 29 heavy (non-hydrogen) atoms. The monoisotopic (exact) mass is 406 g/mol. The molecule has 0 fully saturated rings. The van der Waals surface area contributed by atoms with Crippen molar-refractivity contribution in [2.75, 3.05) is 5.32 Å². The minimum atomic E-state index is -1.12. The molecule has 6 nitrogen and oxygen atoms in total. The van der Waals surface area contributed by atoms with Crippen molar-refractivity contribution in [3.8, 4) is 17.4 Å². The van der Waals surface area contributed by atoms with Gasteiger partial charge >= 0.3 is 5.97 Å². The normalized spacial score (nSPS) is 11.0. The highest BCUT2D eigenvalue weighted by Gasteiger charge is 2.14. The average Bonchev–Trinajstić information content (AvgIpc) is 3.16. The number of benzene rings is 2. The second kappa shape index (κ2) is 8.46. The SMILES string of the molecule is Cc1ccccc1NC(=O)/C(C#N)=C\c1ccc(-c2ccc(C(=O)O)c(Cl)c2)o1. The number of nitrogens with zero attached hydrogens (tertiary/aromatic N) is 1. The second-order valence-corrected chi connectivity index (χ2v) is 6.55. The fraction of sp³-hybridized carbons (Fsp3) is 0.0455. The van der Waals surface area contributed by atoms with Crippen LogP contribution in [0.2, 0.25) is 5.02 Å². The molecule has 0 saturated carbocycles. The first-order valence-electron chi connectivity index (χ1n) is 8.51. The maximum atomic E-state index is 12.4. The summed E-state index contributed by atoms with van der Waals surface area (Å²) in [4.78, 5) is 23.5. The Labute approximate surface area is 171 Å². The number of aryl methyl sites for hydroxylation is 1. The summed E-state index contributed by atoms with van der Waals surface area (Å²) in [5.41, 5.74) is 1.93. The number of carbonyl (C=O) groups excluding carboxylic acids is 1. The van der Waals surface area contributed by atoms with Gasteiger partial charge in [0.05, 0.1) is 10.6 Å². The van der Waals surface area contributed by atoms with E-state index in [0.717, 1.165) is 5.56 Å². The highest BCUT2D eigenvalue weighted by Crippen LogP contribution is 2.28. The van der Waals surface area contributed by atoms with E-state index < -0.39 is 11.9 Å². The number of para-hydroxylation sites is 1. The van der Waals surface area contributed by atoms with E-state index in [1.165, 1.54) is 18.2 Å². The van der Waals surface area contributed by atoms with Gasteiger partial charge in [0.1, 0.15) is 23.2 Å². The van der Waals surface area contributed by atoms with E-state index in [9.17, 15) is 14.9 Å². The molecule has 144 valence electrons. The van der Waals surface area contributed by atoms with E-state index in [2.05, 4.69) is 5.32 Å². The van der Waals surface area contributed by atoms with Gasteiger partial charge in [-0.05, 0) is 42.8 Å². The van der Waals surface area contributed by atoms with Crippen molar-refractivity contribution in [1.82, 2.24) is 0 Å². The quantitative estimate of drug-likeness (QED) is 0.450. The molecule has 1 aromatic heterocycles. The molecule has 0 radical (unpaired) electrons. The predicted octanol–water partition coefficient (Wildman–Crippen LogP) is 5.15. The van der Waals surface area contributed by atoms with Gasteiger partial charge in [0.15, 0.2) is 0 Å². The first-order chi connectivity index (χ1) is 13.9. The lowest BCUT2D eigenvalue weighted by molar-refractivity contribution is -0.112. The van der Waals surface area contributed by atoms with Crippen LogP contribution in [0.3, 0.4) is 0 Å². The number of amides is 1. The zero-order valence-corrected chi connectivity index (χ0v) is 16.0. The molecular formula is C22H15ClN2O4. The molecule has 1 amide bonds. The van der Waals surface area contributed by atoms with Crippen molar-refractivity contribution < 1.29 is 19.1 Å². The van der Waals surface area contributed by atoms with Crippen LogP contribution in [0.4, 0.5) is 5.69 Å². The maximum absolute atomic E-state index is 12.4. The van der Waals surface area contributed by atoms with Crippen LogP contribution in [0.1, 0.15) is 21.7 Å². The summed E-state index contributed by atoms with van der Waals surface area (Å²) in [5.74, 6) is -0.946. The molecule has 0 bridgehead atoms. The summed E-state index contributed by atoms with van der Waals surface area (Å²) < 4.78 is 5.67. The Bertz CT molecular complexity index is 1170. The molecule has 0 aliphatic heterocycles. The van der Waals surface area contributed by atoms with Crippen LogP contribution < -0.4 is 5.32 Å². The Kier molecular flexibility index (Phi) is 5.82. The first kappa shape index (κ1) is 19.9. The van der Waals surface area contributed by atoms with Crippen LogP contribution in [0.5, 0.6) is 0 Å². The zero-order chi connectivity index (χ0) is 21.0. The van der Waals surface area contributed by atoms with Crippen LogP contribution in [-0.2, 0) is 4.79 Å². The number of nitrogens with one attached hydrogen (secondary N) is 1. The molecule has 0 saturated heterocycles. The number of hydrogen-bond acceptors (Lipinski definition) is 4. The van der Waals surface area contributed by atoms with E-state index in [0.29, 0.717) is 22.8 Å². The maximum Gasteiger partial charge on any atom is 0.337 e. The molecular weight excluding hydrogens is 392 g/mol. The minimum absolute atomic E-state index is 0.0123. The van der Waals surface area contributed by atoms with Crippen molar-refractivity contribution in [3.05, 3.63) is 82.1 Å². The van der Waals surface area contributed by atoms with E-state index in [4.69, 9.17) is 21.1 Å². The minimum Gasteiger partial charge on any atom is -0.478 e. The first-order valence-corrected chi connectivity index (χ1v) is 8.88. The highest BCUT2D eigenvalue weighted by atomic mass is 35.5. The van der Waals surface area contributed by atoms with Gasteiger partial charge < -0.3 is 14.8 Å². The van der Waals surface area contributed by atoms with Crippen LogP contribution >= 0.6 is 11.6 Å². The molecule has 2 N–H and O–H groups in total. The third-order valence-electron chi connectivity index (χ3n) is 4.16. The van der Waals surface area contributed by atoms with E-state index >= 15 is 0 Å². The lowest BCUT2D eigenvalue weighted by Gasteiger charge is -2.06. The van der Waals surface area contributed by atoms with Crippen molar-refractivity contribution in [1.29, 1.82) is 5.26 Å². The third kappa shape index (κ3) is 4.54. The second-order valence-electron chi connectivity index (χ2n) is 6.14. The number of furan rings is 1. The number of carboxylic acid groups (broad SMARTS) is 1. The van der Waals surface area contributed by atoms with Crippen LogP contribution in [0, 0.1) is 18.3 Å². The largest absolute Gasteiger partial charge is 0.478 e. The Morgan fingerprint density at radius 2 is 1.93 bits per heavy atom. The number of hydrogen-bond donors (Lipinski definition) is 2. The number of aromatic carboxylic acids is 1. The zero-order valence-electron chi connectivity index (χ0n) is 15.3. The van der Waals surface area contributed by atoms with E-state index in [1.807, 2.05) is 25.1 Å². The van der Waals surface area contributed by atoms with Crippen molar-refractivity contribution in [2.24, 2.45) is 0 Å². The van der Waals surface area contributed by atoms with Crippen LogP contribution in [0.25, 0.3) is 17.4 Å². The summed E-state index contributed by atoms with van der Waals surface area (Å²) in [6.07, 6.45) is 1.34. The fourth-order valence-electron chi connectivity index (χ4n) is 2.62. The van der Waals surface area contributed by atoms with Crippen molar-refractivity contribution in [3.63, 3.8) is 0 Å². The molecule has 3 rings (SSSR count). The number of rotatable bonds is 5. The van der Waals surface area contributed by atoms with Gasteiger partial charge in [-0.2, -0.15) is 5.26 Å². The summed E-state index contributed by atoms with van der Waals surface area (Å²) in [5, 5.41) is 21.2. The van der Waals surface area contributed by atoms with Crippen molar-refractivity contribution >= 4 is 35.2 Å². The van der Waals surface area contributed by atoms with E-state index in [1.54, 1.807) is 30.3 Å². The van der Waals surface area contributed by atoms with Crippen LogP contribution in [-0.4, -0.2) is 17.0 Å². The van der Waals surface area contributed by atoms with Gasteiger partial charge in [-0.1, -0.05) is 35.9 Å². The number of halogens is 1. The van der Waals surface area contributed by atoms with Gasteiger partial charge in [-0.25, -0.2) is 4.79 Å². The number of anilines is 1. The summed E-state index contributed by atoms with van der Waals surface area (Å²) >= 11 is 5.99. The summed E-state index contributed by atoms with van der Waals surface area (Å²) in [6.45, 7) is 1.85. The van der Waals surface area contributed by atoms with E-state index in [-0.39, 0.29) is 16.2 Å². The number of carboxylic acids is 1. The van der Waals surface area contributed by atoms with Gasteiger partial charge in [0, 0.05) is 17.3 Å². The number of nitriles is 1. The molecule has 0 spiro atoms. The topological polar surface area (TPSA) is 103 Å². The highest BCUT2D eigenvalue weighted by molar-refractivity contribution is 6.33. The molecule has 0 atom stereocenters.